The molecule has 5 heteroatoms. The van der Waals surface area contributed by atoms with Crippen LogP contribution in [0.25, 0.3) is 11.0 Å². The highest BCUT2D eigenvalue weighted by Crippen LogP contribution is 2.14. The Kier molecular flexibility index (Phi) is 1.59. The van der Waals surface area contributed by atoms with Crippen LogP contribution in [0.5, 0.6) is 0 Å². The number of H-pyrrole nitrogens is 2. The molecule has 0 fully saturated rings. The minimum atomic E-state index is -0.348. The second kappa shape index (κ2) is 2.75. The fraction of sp³-hybridized carbons (Fsp3) is 0. The standard InChI is InChI=1S/C9H4N4O/c10-3-5-1-7-8(2-6(5)4-11)13-9(14)12-7/h1-2H,(H2,12,13,14). The highest BCUT2D eigenvalue weighted by atomic mass is 16.1. The molecule has 14 heavy (non-hydrogen) atoms. The third-order valence-corrected chi connectivity index (χ3v) is 1.89. The highest BCUT2D eigenvalue weighted by Gasteiger charge is 2.05. The Balaban J connectivity index is 2.91. The average molecular weight is 184 g/mol. The van der Waals surface area contributed by atoms with E-state index in [4.69, 9.17) is 10.5 Å². The lowest BCUT2D eigenvalue weighted by Gasteiger charge is -1.93. The first-order chi connectivity index (χ1) is 6.74. The van der Waals surface area contributed by atoms with Crippen LogP contribution in [0.3, 0.4) is 0 Å². The normalized spacial score (nSPS) is 9.57. The van der Waals surface area contributed by atoms with Crippen molar-refractivity contribution >= 4 is 11.0 Å². The molecule has 2 N–H and O–H groups in total. The molecule has 5 nitrogen and oxygen atoms in total. The number of nitrogens with zero attached hydrogens (tertiary/aromatic N) is 2. The van der Waals surface area contributed by atoms with E-state index in [0.29, 0.717) is 11.0 Å². The molecule has 2 rings (SSSR count). The van der Waals surface area contributed by atoms with Gasteiger partial charge in [0.25, 0.3) is 0 Å². The quantitative estimate of drug-likeness (QED) is 0.627. The van der Waals surface area contributed by atoms with Crippen molar-refractivity contribution in [2.24, 2.45) is 0 Å². The number of imidazole rings is 1. The third kappa shape index (κ3) is 1.05. The molecule has 66 valence electrons. The second-order valence-corrected chi connectivity index (χ2v) is 2.75. The molecule has 0 amide bonds. The van der Waals surface area contributed by atoms with Crippen LogP contribution in [0.1, 0.15) is 11.1 Å². The summed E-state index contributed by atoms with van der Waals surface area (Å²) in [4.78, 5) is 15.9. The van der Waals surface area contributed by atoms with E-state index in [0.717, 1.165) is 0 Å². The number of fused-ring (bicyclic) bond motifs is 1. The first-order valence-corrected chi connectivity index (χ1v) is 3.81. The van der Waals surface area contributed by atoms with Crippen molar-refractivity contribution in [3.63, 3.8) is 0 Å². The maximum atomic E-state index is 10.9. The fourth-order valence-corrected chi connectivity index (χ4v) is 1.27. The van der Waals surface area contributed by atoms with E-state index in [-0.39, 0.29) is 16.8 Å². The SMILES string of the molecule is N#Cc1cc2[nH]c(=O)[nH]c2cc1C#N. The number of aromatic nitrogens is 2. The molecule has 0 spiro atoms. The maximum Gasteiger partial charge on any atom is 0.323 e. The lowest BCUT2D eigenvalue weighted by Crippen LogP contribution is -1.99. The van der Waals surface area contributed by atoms with Gasteiger partial charge < -0.3 is 9.97 Å². The van der Waals surface area contributed by atoms with Gasteiger partial charge in [-0.1, -0.05) is 0 Å². The minimum Gasteiger partial charge on any atom is -0.306 e. The van der Waals surface area contributed by atoms with Crippen molar-refractivity contribution in [2.45, 2.75) is 0 Å². The predicted octanol–water partition coefficient (Wildman–Crippen LogP) is 0.600. The largest absolute Gasteiger partial charge is 0.323 e. The van der Waals surface area contributed by atoms with Gasteiger partial charge in [-0.05, 0) is 12.1 Å². The van der Waals surface area contributed by atoms with Crippen molar-refractivity contribution < 1.29 is 0 Å². The van der Waals surface area contributed by atoms with Crippen LogP contribution in [0.15, 0.2) is 16.9 Å². The van der Waals surface area contributed by atoms with E-state index >= 15 is 0 Å². The first-order valence-electron chi connectivity index (χ1n) is 3.81. The summed E-state index contributed by atoms with van der Waals surface area (Å²) in [6, 6.07) is 6.73. The van der Waals surface area contributed by atoms with Gasteiger partial charge in [0.2, 0.25) is 0 Å². The molecular weight excluding hydrogens is 180 g/mol. The maximum absolute atomic E-state index is 10.9. The highest BCUT2D eigenvalue weighted by molar-refractivity contribution is 5.78. The number of hydrogen-bond donors (Lipinski definition) is 2. The van der Waals surface area contributed by atoms with Crippen LogP contribution in [-0.4, -0.2) is 9.97 Å². The summed E-state index contributed by atoms with van der Waals surface area (Å²) in [5.74, 6) is 0. The Morgan fingerprint density at radius 1 is 1.00 bits per heavy atom. The van der Waals surface area contributed by atoms with Crippen LogP contribution in [0.4, 0.5) is 0 Å². The lowest BCUT2D eigenvalue weighted by molar-refractivity contribution is 1.21. The summed E-state index contributed by atoms with van der Waals surface area (Å²) in [6.45, 7) is 0. The van der Waals surface area contributed by atoms with Crippen molar-refractivity contribution in [3.8, 4) is 12.1 Å². The molecule has 0 radical (unpaired) electrons. The number of benzene rings is 1. The Labute approximate surface area is 78.2 Å². The summed E-state index contributed by atoms with van der Waals surface area (Å²) >= 11 is 0. The Bertz CT molecular complexity index is 581. The van der Waals surface area contributed by atoms with Gasteiger partial charge in [0, 0.05) is 0 Å². The summed E-state index contributed by atoms with van der Waals surface area (Å²) in [5.41, 5.74) is 1.24. The van der Waals surface area contributed by atoms with Crippen LogP contribution in [0, 0.1) is 22.7 Å². The molecule has 0 unspecified atom stereocenters. The summed E-state index contributed by atoms with van der Waals surface area (Å²) in [6.07, 6.45) is 0. The summed E-state index contributed by atoms with van der Waals surface area (Å²) in [5, 5.41) is 17.4. The molecule has 1 heterocycles. The molecule has 0 atom stereocenters. The van der Waals surface area contributed by atoms with Crippen LogP contribution in [0.2, 0.25) is 0 Å². The van der Waals surface area contributed by atoms with E-state index in [1.807, 2.05) is 12.1 Å². The Hall–Kier alpha value is -2.53. The van der Waals surface area contributed by atoms with Gasteiger partial charge in [0.1, 0.15) is 12.1 Å². The zero-order valence-corrected chi connectivity index (χ0v) is 6.96. The lowest BCUT2D eigenvalue weighted by atomic mass is 10.1. The Morgan fingerprint density at radius 3 is 1.79 bits per heavy atom. The molecule has 0 bridgehead atoms. The molecule has 0 aliphatic heterocycles. The fourth-order valence-electron chi connectivity index (χ4n) is 1.27. The first kappa shape index (κ1) is 8.09. The molecule has 1 aromatic heterocycles. The van der Waals surface area contributed by atoms with Crippen LogP contribution in [-0.2, 0) is 0 Å². The third-order valence-electron chi connectivity index (χ3n) is 1.89. The van der Waals surface area contributed by atoms with Gasteiger partial charge in [-0.2, -0.15) is 10.5 Å². The van der Waals surface area contributed by atoms with E-state index in [1.165, 1.54) is 12.1 Å². The molecule has 0 saturated heterocycles. The van der Waals surface area contributed by atoms with E-state index in [1.54, 1.807) is 0 Å². The zero-order valence-electron chi connectivity index (χ0n) is 6.96. The van der Waals surface area contributed by atoms with Gasteiger partial charge in [-0.25, -0.2) is 4.79 Å². The van der Waals surface area contributed by atoms with Gasteiger partial charge >= 0.3 is 5.69 Å². The summed E-state index contributed by atoms with van der Waals surface area (Å²) in [7, 11) is 0. The Morgan fingerprint density at radius 2 is 1.43 bits per heavy atom. The monoisotopic (exact) mass is 184 g/mol. The van der Waals surface area contributed by atoms with Gasteiger partial charge in [-0.15, -0.1) is 0 Å². The van der Waals surface area contributed by atoms with Crippen LogP contribution < -0.4 is 5.69 Å². The molecular formula is C9H4N4O. The topological polar surface area (TPSA) is 96.2 Å². The van der Waals surface area contributed by atoms with Crippen molar-refractivity contribution in [3.05, 3.63) is 33.7 Å². The number of rotatable bonds is 0. The minimum absolute atomic E-state index is 0.259. The molecule has 0 aliphatic carbocycles. The number of aromatic amines is 2. The van der Waals surface area contributed by atoms with Gasteiger partial charge in [0.15, 0.2) is 0 Å². The van der Waals surface area contributed by atoms with Crippen molar-refractivity contribution in [2.75, 3.05) is 0 Å². The van der Waals surface area contributed by atoms with E-state index < -0.39 is 0 Å². The van der Waals surface area contributed by atoms with Gasteiger partial charge in [-0.3, -0.25) is 0 Å². The number of hydrogen-bond acceptors (Lipinski definition) is 3. The van der Waals surface area contributed by atoms with E-state index in [2.05, 4.69) is 9.97 Å². The smallest absolute Gasteiger partial charge is 0.306 e. The van der Waals surface area contributed by atoms with Gasteiger partial charge in [0.05, 0.1) is 22.2 Å². The number of nitriles is 2. The van der Waals surface area contributed by atoms with E-state index in [9.17, 15) is 4.79 Å². The molecule has 0 saturated carbocycles. The number of nitrogens with one attached hydrogen (secondary N) is 2. The zero-order chi connectivity index (χ0) is 10.1. The second-order valence-electron chi connectivity index (χ2n) is 2.75. The van der Waals surface area contributed by atoms with Crippen molar-refractivity contribution in [1.29, 1.82) is 10.5 Å². The molecule has 1 aromatic carbocycles. The molecule has 0 aliphatic rings. The van der Waals surface area contributed by atoms with Crippen molar-refractivity contribution in [1.82, 2.24) is 9.97 Å². The van der Waals surface area contributed by atoms with Crippen LogP contribution >= 0.6 is 0 Å². The summed E-state index contributed by atoms with van der Waals surface area (Å²) < 4.78 is 0. The predicted molar refractivity (Wildman–Crippen MR) is 48.3 cm³/mol. The molecule has 2 aromatic rings. The average Bonchev–Trinajstić information content (AvgIpc) is 2.54.